The number of carbonyl (C=O) groups is 2. The molecule has 0 saturated carbocycles. The number of aromatic nitrogens is 1. The van der Waals surface area contributed by atoms with Gasteiger partial charge in [-0.2, -0.15) is 0 Å². The molecule has 1 unspecified atom stereocenters. The minimum atomic E-state index is -0.492. The van der Waals surface area contributed by atoms with Crippen LogP contribution in [-0.4, -0.2) is 73.7 Å². The number of amides is 1. The van der Waals surface area contributed by atoms with Crippen LogP contribution in [0.4, 0.5) is 5.82 Å². The number of aryl methyl sites for hydroxylation is 2. The number of carbonyl (C=O) groups excluding carboxylic acids is 2. The molecular weight excluding hydrogens is 494 g/mol. The Morgan fingerprint density at radius 2 is 1.90 bits per heavy atom. The highest BCUT2D eigenvalue weighted by molar-refractivity contribution is 5.88. The summed E-state index contributed by atoms with van der Waals surface area (Å²) in [4.78, 5) is 34.8. The summed E-state index contributed by atoms with van der Waals surface area (Å²) in [7, 11) is 1.66. The Balaban J connectivity index is 1.23. The van der Waals surface area contributed by atoms with E-state index in [9.17, 15) is 9.59 Å². The van der Waals surface area contributed by atoms with E-state index in [1.165, 1.54) is 5.56 Å². The maximum atomic E-state index is 11.9. The Morgan fingerprint density at radius 1 is 1.08 bits per heavy atom. The number of aldehydes is 1. The highest BCUT2D eigenvalue weighted by Gasteiger charge is 2.22. The van der Waals surface area contributed by atoms with E-state index in [0.717, 1.165) is 99.0 Å². The summed E-state index contributed by atoms with van der Waals surface area (Å²) >= 11 is 0. The molecule has 210 valence electrons. The van der Waals surface area contributed by atoms with Crippen molar-refractivity contribution in [1.29, 1.82) is 0 Å². The normalized spacial score (nSPS) is 15.0. The second-order valence-corrected chi connectivity index (χ2v) is 10.2. The third-order valence-electron chi connectivity index (χ3n) is 7.59. The fourth-order valence-corrected chi connectivity index (χ4v) is 5.36. The molecule has 1 amide bonds. The van der Waals surface area contributed by atoms with E-state index in [4.69, 9.17) is 9.36 Å². The topological polar surface area (TPSA) is 91.2 Å². The molecule has 2 heterocycles. The number of nitrogens with zero attached hydrogens (tertiary/aromatic N) is 4. The van der Waals surface area contributed by atoms with Crippen molar-refractivity contribution < 1.29 is 18.9 Å². The Hall–Kier alpha value is -3.27. The van der Waals surface area contributed by atoms with Gasteiger partial charge in [0.15, 0.2) is 17.6 Å². The zero-order valence-corrected chi connectivity index (χ0v) is 23.2. The molecule has 9 nitrogen and oxygen atoms in total. The fourth-order valence-electron chi connectivity index (χ4n) is 5.36. The lowest BCUT2D eigenvalue weighted by Crippen LogP contribution is -2.46. The summed E-state index contributed by atoms with van der Waals surface area (Å²) in [5.74, 6) is 0.958. The number of piperazine rings is 1. The lowest BCUT2D eigenvalue weighted by atomic mass is 9.96. The third-order valence-corrected chi connectivity index (χ3v) is 7.59. The zero-order valence-electron chi connectivity index (χ0n) is 23.2. The van der Waals surface area contributed by atoms with E-state index < -0.39 is 6.23 Å². The van der Waals surface area contributed by atoms with E-state index in [1.54, 1.807) is 11.9 Å². The van der Waals surface area contributed by atoms with Gasteiger partial charge in [0.2, 0.25) is 6.41 Å². The van der Waals surface area contributed by atoms with Crippen molar-refractivity contribution in [1.82, 2.24) is 20.4 Å². The molecule has 0 aliphatic carbocycles. The molecule has 39 heavy (non-hydrogen) atoms. The van der Waals surface area contributed by atoms with E-state index in [0.29, 0.717) is 19.4 Å². The molecule has 9 heteroatoms. The van der Waals surface area contributed by atoms with Gasteiger partial charge in [-0.05, 0) is 61.6 Å². The van der Waals surface area contributed by atoms with Crippen molar-refractivity contribution in [3.05, 3.63) is 59.2 Å². The van der Waals surface area contributed by atoms with Gasteiger partial charge in [-0.25, -0.2) is 5.48 Å². The number of unbranched alkanes of at least 4 members (excludes halogenated alkanes) is 2. The molecule has 1 aromatic heterocycles. The second-order valence-electron chi connectivity index (χ2n) is 10.2. The van der Waals surface area contributed by atoms with Gasteiger partial charge in [0, 0.05) is 52.6 Å². The van der Waals surface area contributed by atoms with Gasteiger partial charge in [0.25, 0.3) is 0 Å². The van der Waals surface area contributed by atoms with E-state index >= 15 is 0 Å². The van der Waals surface area contributed by atoms with Gasteiger partial charge in [-0.15, -0.1) is 0 Å². The Labute approximate surface area is 231 Å². The van der Waals surface area contributed by atoms with Gasteiger partial charge < -0.3 is 19.1 Å². The highest BCUT2D eigenvalue weighted by Crippen LogP contribution is 2.26. The fraction of sp³-hybridized carbons (Fsp3) is 0.500. The average Bonchev–Trinajstić information content (AvgIpc) is 3.39. The molecule has 2 aromatic carbocycles. The number of benzene rings is 2. The summed E-state index contributed by atoms with van der Waals surface area (Å²) in [5, 5.41) is 5.40. The molecule has 4 rings (SSSR count). The van der Waals surface area contributed by atoms with Gasteiger partial charge in [-0.1, -0.05) is 41.9 Å². The van der Waals surface area contributed by atoms with Crippen LogP contribution in [-0.2, 0) is 27.4 Å². The predicted octanol–water partition coefficient (Wildman–Crippen LogP) is 4.09. The summed E-state index contributed by atoms with van der Waals surface area (Å²) in [6, 6.07) is 14.4. The Kier molecular flexibility index (Phi) is 10.9. The van der Waals surface area contributed by atoms with Crippen molar-refractivity contribution in [2.75, 3.05) is 44.7 Å². The van der Waals surface area contributed by atoms with Crippen molar-refractivity contribution in [2.45, 2.75) is 58.2 Å². The SMILES string of the molecule is CNOC(CCC=O)N(C=O)Cc1c(C)cccc1CCCCCN1CCN(c2noc3ccccc23)CC1. The molecular formula is C30H41N5O4. The minimum absolute atomic E-state index is 0.337. The summed E-state index contributed by atoms with van der Waals surface area (Å²) in [6.07, 6.45) is 6.36. The summed E-state index contributed by atoms with van der Waals surface area (Å²) in [6.45, 7) is 7.63. The molecule has 1 N–H and O–H groups in total. The number of hydroxylamine groups is 1. The number of fused-ring (bicyclic) bond motifs is 1. The maximum Gasteiger partial charge on any atom is 0.212 e. The lowest BCUT2D eigenvalue weighted by Gasteiger charge is -2.34. The zero-order chi connectivity index (χ0) is 27.5. The van der Waals surface area contributed by atoms with Crippen LogP contribution < -0.4 is 10.4 Å². The van der Waals surface area contributed by atoms with Crippen molar-refractivity contribution in [3.63, 3.8) is 0 Å². The molecule has 1 saturated heterocycles. The standard InChI is InChI=1S/C30H41N5O4/c1-24-10-8-12-25(27(24)22-35(23-37)29(39-31-2)15-9-21-36)11-4-3-7-16-33-17-19-34(20-18-33)30-26-13-5-6-14-28(26)38-32-30/h5-6,8,10,12-14,21,23,29,31H,3-4,7,9,11,15-20,22H2,1-2H3. The molecule has 1 aliphatic rings. The Morgan fingerprint density at radius 3 is 2.67 bits per heavy atom. The maximum absolute atomic E-state index is 11.9. The van der Waals surface area contributed by atoms with Crippen LogP contribution in [0.25, 0.3) is 11.0 Å². The molecule has 0 bridgehead atoms. The number of hydrogen-bond acceptors (Lipinski definition) is 8. The van der Waals surface area contributed by atoms with Crippen LogP contribution in [0.2, 0.25) is 0 Å². The predicted molar refractivity (Wildman–Crippen MR) is 152 cm³/mol. The number of nitrogens with one attached hydrogen (secondary N) is 1. The second kappa shape index (κ2) is 14.8. The monoisotopic (exact) mass is 535 g/mol. The summed E-state index contributed by atoms with van der Waals surface area (Å²) in [5.41, 5.74) is 7.11. The first-order valence-electron chi connectivity index (χ1n) is 14.0. The Bertz CT molecular complexity index is 1190. The van der Waals surface area contributed by atoms with Crippen LogP contribution in [0.5, 0.6) is 0 Å². The molecule has 0 radical (unpaired) electrons. The average molecular weight is 536 g/mol. The van der Waals surface area contributed by atoms with Crippen LogP contribution in [0.15, 0.2) is 47.0 Å². The van der Waals surface area contributed by atoms with E-state index in [2.05, 4.69) is 51.6 Å². The van der Waals surface area contributed by atoms with Gasteiger partial charge in [-0.3, -0.25) is 14.5 Å². The van der Waals surface area contributed by atoms with Crippen LogP contribution in [0.3, 0.4) is 0 Å². The van der Waals surface area contributed by atoms with Crippen LogP contribution in [0.1, 0.15) is 48.8 Å². The molecule has 1 aliphatic heterocycles. The van der Waals surface area contributed by atoms with Crippen LogP contribution >= 0.6 is 0 Å². The van der Waals surface area contributed by atoms with E-state index in [1.807, 2.05) is 18.2 Å². The van der Waals surface area contributed by atoms with Crippen molar-refractivity contribution in [2.24, 2.45) is 0 Å². The van der Waals surface area contributed by atoms with Gasteiger partial charge in [0.05, 0.1) is 5.39 Å². The third kappa shape index (κ3) is 7.65. The first-order valence-corrected chi connectivity index (χ1v) is 14.0. The van der Waals surface area contributed by atoms with E-state index in [-0.39, 0.29) is 0 Å². The number of para-hydroxylation sites is 1. The highest BCUT2D eigenvalue weighted by atomic mass is 16.7. The first-order chi connectivity index (χ1) is 19.1. The summed E-state index contributed by atoms with van der Waals surface area (Å²) < 4.78 is 5.49. The van der Waals surface area contributed by atoms with Gasteiger partial charge >= 0.3 is 0 Å². The van der Waals surface area contributed by atoms with Crippen molar-refractivity contribution >= 4 is 29.5 Å². The molecule has 0 spiro atoms. The van der Waals surface area contributed by atoms with Gasteiger partial charge in [0.1, 0.15) is 6.29 Å². The minimum Gasteiger partial charge on any atom is -0.354 e. The quantitative estimate of drug-likeness (QED) is 0.127. The number of hydrogen-bond donors (Lipinski definition) is 1. The first kappa shape index (κ1) is 28.7. The van der Waals surface area contributed by atoms with Crippen molar-refractivity contribution in [3.8, 4) is 0 Å². The largest absolute Gasteiger partial charge is 0.354 e. The molecule has 3 aromatic rings. The number of rotatable bonds is 16. The molecule has 1 fully saturated rings. The smallest absolute Gasteiger partial charge is 0.212 e. The lowest BCUT2D eigenvalue weighted by molar-refractivity contribution is -0.145. The molecule has 1 atom stereocenters. The number of anilines is 1. The van der Waals surface area contributed by atoms with Crippen LogP contribution in [0, 0.1) is 6.92 Å².